The minimum atomic E-state index is -3.63. The Kier molecular flexibility index (Phi) is 5.34. The quantitative estimate of drug-likeness (QED) is 0.828. The van der Waals surface area contributed by atoms with E-state index in [2.05, 4.69) is 4.72 Å². The maximum absolute atomic E-state index is 12.3. The molecule has 1 atom stereocenters. The van der Waals surface area contributed by atoms with E-state index >= 15 is 0 Å². The molecule has 108 valence electrons. The SMILES string of the molecule is CC[C@@H](CO)NS(=O)(=O)c1ccc(OC)c(C)c1C. The van der Waals surface area contributed by atoms with Gasteiger partial charge in [0.1, 0.15) is 5.75 Å². The molecule has 0 saturated carbocycles. The largest absolute Gasteiger partial charge is 0.496 e. The van der Waals surface area contributed by atoms with Gasteiger partial charge in [0.2, 0.25) is 10.0 Å². The second-order valence-electron chi connectivity index (χ2n) is 4.42. The Morgan fingerprint density at radius 2 is 1.95 bits per heavy atom. The van der Waals surface area contributed by atoms with E-state index in [4.69, 9.17) is 9.84 Å². The Morgan fingerprint density at radius 3 is 2.42 bits per heavy atom. The summed E-state index contributed by atoms with van der Waals surface area (Å²) in [5.41, 5.74) is 1.45. The van der Waals surface area contributed by atoms with Crippen molar-refractivity contribution in [1.82, 2.24) is 4.72 Å². The number of nitrogens with one attached hydrogen (secondary N) is 1. The highest BCUT2D eigenvalue weighted by molar-refractivity contribution is 7.89. The molecule has 0 aliphatic carbocycles. The molecule has 0 saturated heterocycles. The molecule has 1 aromatic carbocycles. The van der Waals surface area contributed by atoms with Crippen molar-refractivity contribution in [2.45, 2.75) is 38.1 Å². The Morgan fingerprint density at radius 1 is 1.32 bits per heavy atom. The predicted molar refractivity (Wildman–Crippen MR) is 74.0 cm³/mol. The third kappa shape index (κ3) is 3.46. The summed E-state index contributed by atoms with van der Waals surface area (Å²) in [4.78, 5) is 0.220. The molecule has 0 aliphatic heterocycles. The summed E-state index contributed by atoms with van der Waals surface area (Å²) in [7, 11) is -2.08. The Balaban J connectivity index is 3.19. The summed E-state index contributed by atoms with van der Waals surface area (Å²) >= 11 is 0. The van der Waals surface area contributed by atoms with Gasteiger partial charge in [-0.1, -0.05) is 6.92 Å². The third-order valence-corrected chi connectivity index (χ3v) is 4.90. The molecular weight excluding hydrogens is 266 g/mol. The number of sulfonamides is 1. The van der Waals surface area contributed by atoms with Crippen LogP contribution in [0.2, 0.25) is 0 Å². The normalized spacial score (nSPS) is 13.3. The highest BCUT2D eigenvalue weighted by Gasteiger charge is 2.22. The first-order valence-electron chi connectivity index (χ1n) is 6.14. The van der Waals surface area contributed by atoms with Crippen molar-refractivity contribution in [1.29, 1.82) is 0 Å². The number of benzene rings is 1. The van der Waals surface area contributed by atoms with Crippen LogP contribution in [0.4, 0.5) is 0 Å². The van der Waals surface area contributed by atoms with Gasteiger partial charge >= 0.3 is 0 Å². The van der Waals surface area contributed by atoms with Gasteiger partial charge in [0, 0.05) is 6.04 Å². The summed E-state index contributed by atoms with van der Waals surface area (Å²) in [6, 6.07) is 2.69. The molecule has 0 amide bonds. The molecule has 2 N–H and O–H groups in total. The van der Waals surface area contributed by atoms with Crippen molar-refractivity contribution in [3.8, 4) is 5.75 Å². The molecule has 0 radical (unpaired) electrons. The number of rotatable bonds is 6. The first kappa shape index (κ1) is 15.9. The maximum atomic E-state index is 12.3. The van der Waals surface area contributed by atoms with E-state index in [1.165, 1.54) is 6.07 Å². The lowest BCUT2D eigenvalue weighted by Crippen LogP contribution is -2.37. The second-order valence-corrected chi connectivity index (χ2v) is 6.11. The first-order valence-corrected chi connectivity index (χ1v) is 7.63. The van der Waals surface area contributed by atoms with E-state index in [1.807, 2.05) is 13.8 Å². The van der Waals surface area contributed by atoms with E-state index < -0.39 is 16.1 Å². The van der Waals surface area contributed by atoms with E-state index in [1.54, 1.807) is 20.1 Å². The van der Waals surface area contributed by atoms with Gasteiger partial charge in [0.05, 0.1) is 18.6 Å². The van der Waals surface area contributed by atoms with E-state index in [0.29, 0.717) is 17.7 Å². The number of aliphatic hydroxyl groups excluding tert-OH is 1. The van der Waals surface area contributed by atoms with Crippen molar-refractivity contribution in [3.05, 3.63) is 23.3 Å². The monoisotopic (exact) mass is 287 g/mol. The molecule has 0 fully saturated rings. The molecule has 0 heterocycles. The van der Waals surface area contributed by atoms with Gasteiger partial charge in [-0.05, 0) is 43.5 Å². The Hall–Kier alpha value is -1.11. The summed E-state index contributed by atoms with van der Waals surface area (Å²) in [6.45, 7) is 5.16. The minimum absolute atomic E-state index is 0.218. The zero-order chi connectivity index (χ0) is 14.6. The van der Waals surface area contributed by atoms with Crippen LogP contribution in [-0.2, 0) is 10.0 Å². The maximum Gasteiger partial charge on any atom is 0.241 e. The van der Waals surface area contributed by atoms with Gasteiger partial charge in [-0.3, -0.25) is 0 Å². The fourth-order valence-corrected chi connectivity index (χ4v) is 3.43. The smallest absolute Gasteiger partial charge is 0.241 e. The van der Waals surface area contributed by atoms with Crippen LogP contribution in [0.25, 0.3) is 0 Å². The average molecular weight is 287 g/mol. The van der Waals surface area contributed by atoms with Crippen LogP contribution in [0.15, 0.2) is 17.0 Å². The number of hydrogen-bond acceptors (Lipinski definition) is 4. The lowest BCUT2D eigenvalue weighted by Gasteiger charge is -2.17. The standard InChI is InChI=1S/C13H21NO4S/c1-5-11(8-15)14-19(16,17)13-7-6-12(18-4)9(2)10(13)3/h6-7,11,14-15H,5,8H2,1-4H3/t11-/m0/s1. The van der Waals surface area contributed by atoms with Gasteiger partial charge in [0.15, 0.2) is 0 Å². The van der Waals surface area contributed by atoms with Crippen molar-refractivity contribution in [2.75, 3.05) is 13.7 Å². The van der Waals surface area contributed by atoms with E-state index in [9.17, 15) is 8.42 Å². The summed E-state index contributed by atoms with van der Waals surface area (Å²) < 4.78 is 32.2. The molecule has 0 aliphatic rings. The molecule has 1 rings (SSSR count). The van der Waals surface area contributed by atoms with Gasteiger partial charge in [-0.2, -0.15) is 0 Å². The van der Waals surface area contributed by atoms with Crippen molar-refractivity contribution in [2.24, 2.45) is 0 Å². The molecule has 0 bridgehead atoms. The van der Waals surface area contributed by atoms with Gasteiger partial charge in [0.25, 0.3) is 0 Å². The zero-order valence-corrected chi connectivity index (χ0v) is 12.5. The van der Waals surface area contributed by atoms with Gasteiger partial charge < -0.3 is 9.84 Å². The van der Waals surface area contributed by atoms with Crippen LogP contribution >= 0.6 is 0 Å². The molecule has 5 nitrogen and oxygen atoms in total. The lowest BCUT2D eigenvalue weighted by atomic mass is 10.1. The van der Waals surface area contributed by atoms with Crippen molar-refractivity contribution < 1.29 is 18.3 Å². The highest BCUT2D eigenvalue weighted by Crippen LogP contribution is 2.26. The van der Waals surface area contributed by atoms with Gasteiger partial charge in [-0.25, -0.2) is 13.1 Å². The second kappa shape index (κ2) is 6.36. The van der Waals surface area contributed by atoms with Crippen LogP contribution in [0.3, 0.4) is 0 Å². The van der Waals surface area contributed by atoms with Crippen LogP contribution in [0.1, 0.15) is 24.5 Å². The van der Waals surface area contributed by atoms with Crippen molar-refractivity contribution in [3.63, 3.8) is 0 Å². The number of ether oxygens (including phenoxy) is 1. The minimum Gasteiger partial charge on any atom is -0.496 e. The Bertz CT molecular complexity index is 536. The van der Waals surface area contributed by atoms with Crippen LogP contribution < -0.4 is 9.46 Å². The summed E-state index contributed by atoms with van der Waals surface area (Å²) in [6.07, 6.45) is 0.532. The Labute approximate surface area is 114 Å². The topological polar surface area (TPSA) is 75.6 Å². The number of methoxy groups -OCH3 is 1. The van der Waals surface area contributed by atoms with Crippen LogP contribution in [0.5, 0.6) is 5.75 Å². The summed E-state index contributed by atoms with van der Waals surface area (Å²) in [5.74, 6) is 0.658. The first-order chi connectivity index (χ1) is 8.87. The zero-order valence-electron chi connectivity index (χ0n) is 11.7. The molecule has 1 aromatic rings. The highest BCUT2D eigenvalue weighted by atomic mass is 32.2. The molecular formula is C13H21NO4S. The molecule has 0 spiro atoms. The molecule has 0 unspecified atom stereocenters. The third-order valence-electron chi connectivity index (χ3n) is 3.23. The van der Waals surface area contributed by atoms with Crippen LogP contribution in [0, 0.1) is 13.8 Å². The average Bonchev–Trinajstić information content (AvgIpc) is 2.38. The molecule has 19 heavy (non-hydrogen) atoms. The number of aliphatic hydroxyl groups is 1. The molecule has 0 aromatic heterocycles. The van der Waals surface area contributed by atoms with Crippen molar-refractivity contribution >= 4 is 10.0 Å². The molecule has 6 heteroatoms. The summed E-state index contributed by atoms with van der Waals surface area (Å²) in [5, 5.41) is 9.10. The number of hydrogen-bond donors (Lipinski definition) is 2. The predicted octanol–water partition coefficient (Wildman–Crippen LogP) is 1.36. The fraction of sp³-hybridized carbons (Fsp3) is 0.538. The van der Waals surface area contributed by atoms with E-state index in [0.717, 1.165) is 5.56 Å². The van der Waals surface area contributed by atoms with E-state index in [-0.39, 0.29) is 11.5 Å². The van der Waals surface area contributed by atoms with Crippen LogP contribution in [-0.4, -0.2) is 33.3 Å². The van der Waals surface area contributed by atoms with Gasteiger partial charge in [-0.15, -0.1) is 0 Å². The lowest BCUT2D eigenvalue weighted by molar-refractivity contribution is 0.254. The fourth-order valence-electron chi connectivity index (χ4n) is 1.82.